The molecule has 0 radical (unpaired) electrons. The summed E-state index contributed by atoms with van der Waals surface area (Å²) in [5.74, 6) is 0. The molecule has 0 atom stereocenters. The van der Waals surface area contributed by atoms with Gasteiger partial charge in [-0.25, -0.2) is 0 Å². The molecular formula is C38H26N6+2. The van der Waals surface area contributed by atoms with Gasteiger partial charge in [0, 0.05) is 60.2 Å². The lowest BCUT2D eigenvalue weighted by molar-refractivity contribution is -0.594. The number of rotatable bonds is 4. The Labute approximate surface area is 253 Å². The normalized spacial score (nSPS) is 11.6. The lowest BCUT2D eigenvalue weighted by Crippen LogP contribution is -2.29. The van der Waals surface area contributed by atoms with Crippen molar-refractivity contribution in [3.63, 3.8) is 0 Å². The van der Waals surface area contributed by atoms with E-state index in [4.69, 9.17) is 9.97 Å². The number of nitrogens with zero attached hydrogens (tertiary/aromatic N) is 6. The summed E-state index contributed by atoms with van der Waals surface area (Å²) in [6, 6.07) is 42.2. The topological polar surface area (TPSA) is 43.4 Å². The van der Waals surface area contributed by atoms with E-state index in [1.54, 1.807) is 0 Å². The lowest BCUT2D eigenvalue weighted by atomic mass is 10.2. The number of benzene rings is 3. The van der Waals surface area contributed by atoms with Gasteiger partial charge in [0.15, 0.2) is 24.8 Å². The van der Waals surface area contributed by atoms with E-state index in [0.29, 0.717) is 0 Å². The first-order chi connectivity index (χ1) is 21.8. The van der Waals surface area contributed by atoms with Crippen molar-refractivity contribution in [3.05, 3.63) is 159 Å². The summed E-state index contributed by atoms with van der Waals surface area (Å²) in [5, 5.41) is 2.20. The predicted molar refractivity (Wildman–Crippen MR) is 174 cm³/mol. The van der Waals surface area contributed by atoms with E-state index in [2.05, 4.69) is 140 Å². The van der Waals surface area contributed by atoms with Crippen molar-refractivity contribution in [1.82, 2.24) is 19.1 Å². The fourth-order valence-corrected chi connectivity index (χ4v) is 6.41. The molecule has 0 spiro atoms. The van der Waals surface area contributed by atoms with Gasteiger partial charge in [-0.15, -0.1) is 0 Å². The third kappa shape index (κ3) is 3.75. The zero-order valence-corrected chi connectivity index (χ0v) is 23.7. The number of hydrogen-bond acceptors (Lipinski definition) is 2. The minimum atomic E-state index is 0.977. The molecule has 0 fully saturated rings. The Hall–Kier alpha value is -6.14. The summed E-state index contributed by atoms with van der Waals surface area (Å²) in [6.45, 7) is 0. The highest BCUT2D eigenvalue weighted by Gasteiger charge is 2.20. The lowest BCUT2D eigenvalue weighted by Gasteiger charge is -2.12. The van der Waals surface area contributed by atoms with Gasteiger partial charge in [-0.1, -0.05) is 42.5 Å². The number of para-hydroxylation sites is 2. The second kappa shape index (κ2) is 9.71. The quantitative estimate of drug-likeness (QED) is 0.211. The minimum absolute atomic E-state index is 0.977. The van der Waals surface area contributed by atoms with Gasteiger partial charge in [0.05, 0.1) is 32.8 Å². The van der Waals surface area contributed by atoms with Crippen LogP contribution >= 0.6 is 0 Å². The fourth-order valence-electron chi connectivity index (χ4n) is 6.41. The van der Waals surface area contributed by atoms with E-state index in [1.165, 1.54) is 0 Å². The van der Waals surface area contributed by atoms with Crippen molar-refractivity contribution in [3.8, 4) is 22.7 Å². The molecule has 0 saturated heterocycles. The standard InChI is InChI=1S/C38H26N6/c1-3-10-27(11-4-1)41-22-18-33-31(25-41)37-35(16-8-20-39-37)43(33)29-14-7-15-30(24-29)44-34-19-23-42(28-12-5-2-6-13-28)26-32(34)38-36(44)17-9-21-40-38/h1-26H/q+2. The van der Waals surface area contributed by atoms with Gasteiger partial charge < -0.3 is 9.13 Å². The Morgan fingerprint density at radius 2 is 0.909 bits per heavy atom. The first kappa shape index (κ1) is 24.5. The summed E-state index contributed by atoms with van der Waals surface area (Å²) in [5.41, 5.74) is 10.7. The third-order valence-corrected chi connectivity index (χ3v) is 8.38. The van der Waals surface area contributed by atoms with Gasteiger partial charge in [0.2, 0.25) is 11.4 Å². The Kier molecular flexibility index (Phi) is 5.40. The van der Waals surface area contributed by atoms with E-state index >= 15 is 0 Å². The second-order valence-electron chi connectivity index (χ2n) is 10.9. The summed E-state index contributed by atoms with van der Waals surface area (Å²) in [4.78, 5) is 9.66. The summed E-state index contributed by atoms with van der Waals surface area (Å²) in [6.07, 6.45) is 12.3. The van der Waals surface area contributed by atoms with Crippen molar-refractivity contribution in [2.45, 2.75) is 0 Å². The van der Waals surface area contributed by atoms with E-state index in [9.17, 15) is 0 Å². The van der Waals surface area contributed by atoms with Crippen molar-refractivity contribution in [2.24, 2.45) is 0 Å². The van der Waals surface area contributed by atoms with Gasteiger partial charge >= 0.3 is 0 Å². The van der Waals surface area contributed by atoms with E-state index in [0.717, 1.165) is 66.6 Å². The van der Waals surface area contributed by atoms with Crippen LogP contribution in [0, 0.1) is 0 Å². The van der Waals surface area contributed by atoms with Gasteiger partial charge in [-0.3, -0.25) is 9.97 Å². The van der Waals surface area contributed by atoms with Crippen LogP contribution in [0.4, 0.5) is 0 Å². The van der Waals surface area contributed by atoms with E-state index in [-0.39, 0.29) is 0 Å². The molecule has 6 nitrogen and oxygen atoms in total. The van der Waals surface area contributed by atoms with Crippen molar-refractivity contribution < 1.29 is 9.13 Å². The minimum Gasteiger partial charge on any atom is -0.307 e. The van der Waals surface area contributed by atoms with Gasteiger partial charge in [0.1, 0.15) is 11.0 Å². The number of hydrogen-bond donors (Lipinski definition) is 0. The Balaban J connectivity index is 1.25. The highest BCUT2D eigenvalue weighted by atomic mass is 15.0. The molecule has 0 N–H and O–H groups in total. The molecule has 0 aliphatic rings. The van der Waals surface area contributed by atoms with Crippen LogP contribution in [0.2, 0.25) is 0 Å². The summed E-state index contributed by atoms with van der Waals surface area (Å²) >= 11 is 0. The molecule has 206 valence electrons. The largest absolute Gasteiger partial charge is 0.307 e. The highest BCUT2D eigenvalue weighted by Crippen LogP contribution is 2.33. The van der Waals surface area contributed by atoms with Crippen LogP contribution in [0.25, 0.3) is 66.6 Å². The Morgan fingerprint density at radius 3 is 1.39 bits per heavy atom. The SMILES string of the molecule is c1ccc(-[n+]2ccc3c(c2)c2ncccc2n3-c2cccc(-n3c4cc[n+](-c5ccccc5)cc4c4ncccc43)c2)cc1. The average molecular weight is 567 g/mol. The maximum atomic E-state index is 4.83. The highest BCUT2D eigenvalue weighted by molar-refractivity contribution is 6.07. The van der Waals surface area contributed by atoms with Crippen LogP contribution in [0.5, 0.6) is 0 Å². The molecule has 0 amide bonds. The van der Waals surface area contributed by atoms with Gasteiger partial charge in [-0.05, 0) is 42.5 Å². The molecule has 0 unspecified atom stereocenters. The molecular weight excluding hydrogens is 540 g/mol. The van der Waals surface area contributed by atoms with Crippen LogP contribution in [0.15, 0.2) is 159 Å². The molecule has 0 aliphatic heterocycles. The zero-order valence-electron chi connectivity index (χ0n) is 23.7. The van der Waals surface area contributed by atoms with Crippen LogP contribution in [0.1, 0.15) is 0 Å². The smallest absolute Gasteiger partial charge is 0.210 e. The maximum Gasteiger partial charge on any atom is 0.210 e. The fraction of sp³-hybridized carbons (Fsp3) is 0. The molecule has 0 aliphatic carbocycles. The number of fused-ring (bicyclic) bond motifs is 6. The van der Waals surface area contributed by atoms with Crippen molar-refractivity contribution in [1.29, 1.82) is 0 Å². The number of pyridine rings is 4. The summed E-state index contributed by atoms with van der Waals surface area (Å²) in [7, 11) is 0. The molecule has 9 aromatic rings. The Bertz CT molecular complexity index is 2320. The monoisotopic (exact) mass is 566 g/mol. The molecule has 3 aromatic carbocycles. The Morgan fingerprint density at radius 1 is 0.432 bits per heavy atom. The second-order valence-corrected chi connectivity index (χ2v) is 10.9. The van der Waals surface area contributed by atoms with Crippen LogP contribution in [-0.4, -0.2) is 19.1 Å². The molecule has 9 rings (SSSR count). The molecule has 6 heterocycles. The first-order valence-corrected chi connectivity index (χ1v) is 14.7. The molecule has 0 saturated carbocycles. The summed E-state index contributed by atoms with van der Waals surface area (Å²) < 4.78 is 8.94. The van der Waals surface area contributed by atoms with Crippen LogP contribution in [-0.2, 0) is 0 Å². The predicted octanol–water partition coefficient (Wildman–Crippen LogP) is 7.22. The van der Waals surface area contributed by atoms with E-state index in [1.807, 2.05) is 36.7 Å². The van der Waals surface area contributed by atoms with Crippen molar-refractivity contribution >= 4 is 43.9 Å². The number of aromatic nitrogens is 6. The molecule has 6 aromatic heterocycles. The molecule has 44 heavy (non-hydrogen) atoms. The third-order valence-electron chi connectivity index (χ3n) is 8.38. The average Bonchev–Trinajstić information content (AvgIpc) is 3.61. The van der Waals surface area contributed by atoms with Gasteiger partial charge in [-0.2, -0.15) is 9.13 Å². The van der Waals surface area contributed by atoms with E-state index < -0.39 is 0 Å². The van der Waals surface area contributed by atoms with Crippen molar-refractivity contribution in [2.75, 3.05) is 0 Å². The zero-order chi connectivity index (χ0) is 29.0. The van der Waals surface area contributed by atoms with Crippen LogP contribution < -0.4 is 9.13 Å². The molecule has 6 heteroatoms. The maximum absolute atomic E-state index is 4.83. The van der Waals surface area contributed by atoms with Crippen LogP contribution in [0.3, 0.4) is 0 Å². The first-order valence-electron chi connectivity index (χ1n) is 14.7. The van der Waals surface area contributed by atoms with Gasteiger partial charge in [0.25, 0.3) is 0 Å². The molecule has 0 bridgehead atoms.